The number of phosphoric ester groups is 1. The van der Waals surface area contributed by atoms with Crippen molar-refractivity contribution in [2.45, 2.75) is 87.5 Å². The number of hydrogen-bond acceptors (Lipinski definition) is 25. The Morgan fingerprint density at radius 1 is 0.672 bits per heavy atom. The molecule has 3 aliphatic heterocycles. The van der Waals surface area contributed by atoms with E-state index >= 15 is 0 Å². The third-order valence-corrected chi connectivity index (χ3v) is 9.58. The zero-order chi connectivity index (χ0) is 48.2. The average molecular weight is 999 g/mol. The number of benzene rings is 2. The van der Waals surface area contributed by atoms with Crippen LogP contribution in [-0.2, 0) is 56.7 Å². The van der Waals surface area contributed by atoms with Crippen molar-refractivity contribution in [1.82, 2.24) is 0 Å². The number of rotatable bonds is 14. The fourth-order valence-electron chi connectivity index (χ4n) is 6.83. The SMILES string of the molecule is CC(=O)OC1[C@H](OC2C(=O)c3c(O)cc(OP(=O)([O-])[O-])cc3OC2c2ccc(O)c(O)c2)O[C@H](CO[C@H]2OC(C)C(OC(=O)O)[C@@H](OC(=O)O)[C@H]2OC(=O)O)C(OC(=O)O)[C@@H]1OC(=O)O.[Na+].[Na+]. The summed E-state index contributed by atoms with van der Waals surface area (Å²) in [6, 6.07) is 4.00. The fourth-order valence-corrected chi connectivity index (χ4v) is 7.19. The van der Waals surface area contributed by atoms with Crippen molar-refractivity contribution in [3.8, 4) is 28.7 Å². The summed E-state index contributed by atoms with van der Waals surface area (Å²) in [5.41, 5.74) is -1.05. The van der Waals surface area contributed by atoms with Gasteiger partial charge < -0.3 is 112 Å². The van der Waals surface area contributed by atoms with Crippen molar-refractivity contribution < 1.29 is 205 Å². The van der Waals surface area contributed by atoms with E-state index < -0.39 is 165 Å². The Morgan fingerprint density at radius 2 is 1.19 bits per heavy atom. The molecule has 30 nitrogen and oxygen atoms in total. The number of phenolic OH excluding ortho intramolecular Hbond substituents is 3. The minimum Gasteiger partial charge on any atom is -0.780 e. The number of phosphoric acid groups is 1. The number of fused-ring (bicyclic) bond motifs is 1. The van der Waals surface area contributed by atoms with Crippen molar-refractivity contribution in [1.29, 1.82) is 0 Å². The molecule has 12 atom stereocenters. The molecule has 8 N–H and O–H groups in total. The molecule has 356 valence electrons. The predicted molar refractivity (Wildman–Crippen MR) is 188 cm³/mol. The number of carbonyl (C=O) groups excluding carboxylic acids is 2. The van der Waals surface area contributed by atoms with E-state index in [0.29, 0.717) is 12.1 Å². The monoisotopic (exact) mass is 998 g/mol. The molecule has 2 aromatic rings. The van der Waals surface area contributed by atoms with Crippen LogP contribution in [0.5, 0.6) is 28.7 Å². The van der Waals surface area contributed by atoms with E-state index in [4.69, 9.17) is 42.6 Å². The van der Waals surface area contributed by atoms with Crippen LogP contribution in [0.1, 0.15) is 35.9 Å². The molecular formula is C34H33Na2O30P. The van der Waals surface area contributed by atoms with Gasteiger partial charge in [0.2, 0.25) is 5.78 Å². The first-order valence-corrected chi connectivity index (χ1v) is 19.3. The molecule has 0 amide bonds. The number of carboxylic acid groups (broad SMARTS) is 5. The Labute approximate surface area is 416 Å². The van der Waals surface area contributed by atoms with E-state index in [1.807, 2.05) is 0 Å². The molecule has 0 radical (unpaired) electrons. The molecule has 0 aliphatic carbocycles. The number of hydrogen-bond donors (Lipinski definition) is 8. The van der Waals surface area contributed by atoms with Crippen LogP contribution in [0.25, 0.3) is 0 Å². The zero-order valence-corrected chi connectivity index (χ0v) is 39.4. The average Bonchev–Trinajstić information content (AvgIpc) is 3.16. The number of aromatic hydroxyl groups is 3. The maximum atomic E-state index is 14.3. The van der Waals surface area contributed by atoms with Crippen LogP contribution in [0.3, 0.4) is 0 Å². The summed E-state index contributed by atoms with van der Waals surface area (Å²) in [7, 11) is -5.78. The predicted octanol–water partition coefficient (Wildman–Crippen LogP) is -5.55. The molecule has 3 heterocycles. The molecule has 3 aliphatic rings. The van der Waals surface area contributed by atoms with E-state index in [0.717, 1.165) is 32.0 Å². The van der Waals surface area contributed by atoms with Crippen LogP contribution in [0, 0.1) is 0 Å². The first-order valence-electron chi connectivity index (χ1n) is 17.9. The quantitative estimate of drug-likeness (QED) is 0.0288. The molecule has 2 saturated heterocycles. The molecule has 0 spiro atoms. The van der Waals surface area contributed by atoms with Crippen molar-refractivity contribution in [3.63, 3.8) is 0 Å². The number of Topliss-reactive ketones (excluding diaryl/α,β-unsaturated/α-hetero) is 1. The van der Waals surface area contributed by atoms with Crippen LogP contribution in [0.2, 0.25) is 0 Å². The normalized spacial score (nSPS) is 27.7. The molecule has 2 aromatic carbocycles. The second kappa shape index (κ2) is 23.3. The number of carbonyl (C=O) groups is 7. The van der Waals surface area contributed by atoms with Crippen molar-refractivity contribution >= 4 is 50.4 Å². The Kier molecular flexibility index (Phi) is 19.5. The van der Waals surface area contributed by atoms with Crippen molar-refractivity contribution in [2.75, 3.05) is 6.61 Å². The van der Waals surface area contributed by atoms with Gasteiger partial charge in [-0.3, -0.25) is 9.59 Å². The minimum atomic E-state index is -5.78. The third kappa shape index (κ3) is 14.2. The Balaban J connectivity index is 0.00000595. The Hall–Kier alpha value is -5.08. The first-order chi connectivity index (χ1) is 30.3. The summed E-state index contributed by atoms with van der Waals surface area (Å²) in [5, 5.41) is 78.7. The van der Waals surface area contributed by atoms with Crippen LogP contribution in [-0.4, -0.2) is 158 Å². The van der Waals surface area contributed by atoms with E-state index in [-0.39, 0.29) is 64.7 Å². The molecule has 67 heavy (non-hydrogen) atoms. The second-order valence-corrected chi connectivity index (χ2v) is 14.5. The minimum absolute atomic E-state index is 0. The largest absolute Gasteiger partial charge is 1.00 e. The number of esters is 1. The van der Waals surface area contributed by atoms with Gasteiger partial charge in [0.1, 0.15) is 36.7 Å². The van der Waals surface area contributed by atoms with Gasteiger partial charge in [0.25, 0.3) is 0 Å². The molecule has 0 saturated carbocycles. The molecule has 0 aromatic heterocycles. The van der Waals surface area contributed by atoms with Gasteiger partial charge in [-0.25, -0.2) is 24.0 Å². The van der Waals surface area contributed by atoms with Gasteiger partial charge in [-0.2, -0.15) is 0 Å². The standard InChI is InChI=1S/C34H35O30P.2Na/c1-9-20(59-30(40)41)24(61-32(44)45)26(63-34(48)49)28(54-9)53-8-17-22(60-31(42)43)25(62-33(46)47)27(55-10(2)35)29(57-17)58-23-19(39)18-15(38)6-12(64-65(50,51)52)7-16(18)56-21(23)11-3-4-13(36)14(37)5-11;;/h3-7,9,17,20-29,36-38H,8H2,1-2H3,(H,40,41)(H,42,43)(H,44,45)(H,46,47)(H,48,49)(H2,50,51,52);;/q;2*+1/p-2/t9?,17-,20?,21?,22?,23?,24-,25+,26-,27?,28+,29+;;/m1../s1. The number of phenols is 3. The van der Waals surface area contributed by atoms with Gasteiger partial charge in [0.15, 0.2) is 72.9 Å². The first kappa shape index (κ1) is 56.2. The second-order valence-electron chi connectivity index (χ2n) is 13.5. The van der Waals surface area contributed by atoms with Gasteiger partial charge in [0, 0.05) is 19.1 Å². The maximum Gasteiger partial charge on any atom is 1.00 e. The van der Waals surface area contributed by atoms with Crippen LogP contribution >= 0.6 is 7.82 Å². The number of ketones is 1. The topological polar surface area (TPSA) is 455 Å². The zero-order valence-electron chi connectivity index (χ0n) is 34.5. The molecule has 5 rings (SSSR count). The third-order valence-electron chi connectivity index (χ3n) is 9.14. The summed E-state index contributed by atoms with van der Waals surface area (Å²) >= 11 is 0. The summed E-state index contributed by atoms with van der Waals surface area (Å²) in [4.78, 5) is 108. The molecule has 0 bridgehead atoms. The smallest absolute Gasteiger partial charge is 0.780 e. The summed E-state index contributed by atoms with van der Waals surface area (Å²) in [6.45, 7) is 0.678. The summed E-state index contributed by atoms with van der Waals surface area (Å²) in [6.07, 6.45) is -36.2. The van der Waals surface area contributed by atoms with Crippen LogP contribution < -0.4 is 78.2 Å². The summed E-state index contributed by atoms with van der Waals surface area (Å²) in [5.74, 6) is -6.70. The Bertz CT molecular complexity index is 2240. The van der Waals surface area contributed by atoms with Crippen molar-refractivity contribution in [3.05, 3.63) is 41.5 Å². The number of ether oxygens (including phenoxy) is 11. The van der Waals surface area contributed by atoms with Gasteiger partial charge in [0.05, 0.1) is 12.7 Å². The molecule has 2 fully saturated rings. The van der Waals surface area contributed by atoms with E-state index in [9.17, 15) is 88.8 Å². The van der Waals surface area contributed by atoms with Crippen molar-refractivity contribution in [2.24, 2.45) is 0 Å². The van der Waals surface area contributed by atoms with Gasteiger partial charge >= 0.3 is 95.9 Å². The van der Waals surface area contributed by atoms with Gasteiger partial charge in [-0.05, 0) is 24.6 Å². The van der Waals surface area contributed by atoms with E-state index in [1.54, 1.807) is 0 Å². The van der Waals surface area contributed by atoms with E-state index in [2.05, 4.69) is 14.0 Å². The van der Waals surface area contributed by atoms with Gasteiger partial charge in [-0.15, -0.1) is 0 Å². The van der Waals surface area contributed by atoms with Crippen LogP contribution in [0.4, 0.5) is 24.0 Å². The fraction of sp³-hybridized carbons (Fsp3) is 0.441. The van der Waals surface area contributed by atoms with E-state index in [1.165, 1.54) is 0 Å². The molecular weight excluding hydrogens is 965 g/mol. The maximum absolute atomic E-state index is 14.3. The van der Waals surface area contributed by atoms with Gasteiger partial charge in [-0.1, -0.05) is 6.07 Å². The van der Waals surface area contributed by atoms with Crippen LogP contribution in [0.15, 0.2) is 30.3 Å². The Morgan fingerprint density at radius 3 is 1.73 bits per heavy atom. The summed E-state index contributed by atoms with van der Waals surface area (Å²) < 4.78 is 73.6. The molecule has 33 heteroatoms. The molecule has 6 unspecified atom stereocenters.